The van der Waals surface area contributed by atoms with Gasteiger partial charge in [-0.15, -0.1) is 0 Å². The molecule has 1 heterocycles. The summed E-state index contributed by atoms with van der Waals surface area (Å²) in [7, 11) is 0. The van der Waals surface area contributed by atoms with E-state index in [-0.39, 0.29) is 5.92 Å². The molecule has 0 unspecified atom stereocenters. The number of aldehydes is 1. The number of benzene rings is 1. The van der Waals surface area contributed by atoms with Gasteiger partial charge in [-0.05, 0) is 25.0 Å². The van der Waals surface area contributed by atoms with E-state index in [4.69, 9.17) is 0 Å². The number of rotatable bonds is 4. The van der Waals surface area contributed by atoms with Crippen LogP contribution in [0, 0.1) is 12.8 Å². The van der Waals surface area contributed by atoms with E-state index < -0.39 is 11.7 Å². The fourth-order valence-corrected chi connectivity index (χ4v) is 2.31. The first-order valence-corrected chi connectivity index (χ1v) is 6.94. The van der Waals surface area contributed by atoms with Gasteiger partial charge in [0.05, 0.1) is 11.3 Å². The summed E-state index contributed by atoms with van der Waals surface area (Å²) in [6.07, 6.45) is -3.63. The summed E-state index contributed by atoms with van der Waals surface area (Å²) in [6, 6.07) is 4.82. The van der Waals surface area contributed by atoms with Crippen LogP contribution in [0.4, 0.5) is 13.2 Å². The molecule has 0 spiro atoms. The van der Waals surface area contributed by atoms with Crippen LogP contribution in [0.1, 0.15) is 35.6 Å². The van der Waals surface area contributed by atoms with Crippen molar-refractivity contribution in [2.24, 2.45) is 5.92 Å². The van der Waals surface area contributed by atoms with Gasteiger partial charge in [0, 0.05) is 12.1 Å². The number of hydrogen-bond donors (Lipinski definition) is 0. The molecule has 3 nitrogen and oxygen atoms in total. The number of halogens is 3. The minimum Gasteiger partial charge on any atom is -0.321 e. The topological polar surface area (TPSA) is 34.9 Å². The van der Waals surface area contributed by atoms with Gasteiger partial charge >= 0.3 is 6.18 Å². The van der Waals surface area contributed by atoms with E-state index in [9.17, 15) is 18.0 Å². The monoisotopic (exact) mass is 310 g/mol. The Kier molecular flexibility index (Phi) is 4.39. The van der Waals surface area contributed by atoms with Crippen LogP contribution in [0.15, 0.2) is 24.3 Å². The van der Waals surface area contributed by atoms with E-state index in [2.05, 4.69) is 4.98 Å². The Labute approximate surface area is 126 Å². The lowest BCUT2D eigenvalue weighted by Crippen LogP contribution is -2.10. The second-order valence-corrected chi connectivity index (χ2v) is 5.60. The van der Waals surface area contributed by atoms with Crippen LogP contribution in [0.5, 0.6) is 0 Å². The van der Waals surface area contributed by atoms with E-state index in [1.165, 1.54) is 12.1 Å². The van der Waals surface area contributed by atoms with E-state index in [1.807, 2.05) is 13.8 Å². The average molecular weight is 310 g/mol. The Morgan fingerprint density at radius 2 is 1.82 bits per heavy atom. The second kappa shape index (κ2) is 5.94. The number of carbonyl (C=O) groups is 1. The maximum absolute atomic E-state index is 12.6. The molecule has 22 heavy (non-hydrogen) atoms. The van der Waals surface area contributed by atoms with E-state index in [1.54, 1.807) is 11.5 Å². The fourth-order valence-electron chi connectivity index (χ4n) is 2.31. The van der Waals surface area contributed by atoms with Crippen molar-refractivity contribution in [1.82, 2.24) is 9.55 Å². The third-order valence-corrected chi connectivity index (χ3v) is 3.32. The van der Waals surface area contributed by atoms with Crippen molar-refractivity contribution in [3.63, 3.8) is 0 Å². The normalized spacial score (nSPS) is 12.0. The minimum atomic E-state index is -4.37. The van der Waals surface area contributed by atoms with Crippen LogP contribution < -0.4 is 0 Å². The molecule has 0 radical (unpaired) electrons. The summed E-state index contributed by atoms with van der Waals surface area (Å²) in [5.41, 5.74) is 0.893. The molecule has 0 saturated carbocycles. The van der Waals surface area contributed by atoms with Gasteiger partial charge < -0.3 is 4.57 Å². The van der Waals surface area contributed by atoms with Crippen molar-refractivity contribution in [3.8, 4) is 11.4 Å². The van der Waals surface area contributed by atoms with Gasteiger partial charge in [-0.1, -0.05) is 26.0 Å². The van der Waals surface area contributed by atoms with Crippen molar-refractivity contribution in [2.75, 3.05) is 0 Å². The molecule has 0 saturated heterocycles. The quantitative estimate of drug-likeness (QED) is 0.787. The van der Waals surface area contributed by atoms with Gasteiger partial charge in [-0.3, -0.25) is 4.79 Å². The van der Waals surface area contributed by atoms with Gasteiger partial charge in [0.15, 0.2) is 6.29 Å². The lowest BCUT2D eigenvalue weighted by Gasteiger charge is -2.13. The standard InChI is InChI=1S/C16H17F3N2O/c1-10(2)8-21-14(9-22)11(3)20-15(21)12-4-6-13(7-5-12)16(17,18)19/h4-7,9-10H,8H2,1-3H3. The van der Waals surface area contributed by atoms with Crippen LogP contribution in [0.25, 0.3) is 11.4 Å². The molecule has 0 aliphatic heterocycles. The highest BCUT2D eigenvalue weighted by molar-refractivity contribution is 5.76. The maximum atomic E-state index is 12.6. The zero-order valence-electron chi connectivity index (χ0n) is 12.6. The second-order valence-electron chi connectivity index (χ2n) is 5.60. The molecule has 0 fully saturated rings. The van der Waals surface area contributed by atoms with Crippen molar-refractivity contribution < 1.29 is 18.0 Å². The van der Waals surface area contributed by atoms with E-state index in [0.29, 0.717) is 29.3 Å². The van der Waals surface area contributed by atoms with Gasteiger partial charge in [0.25, 0.3) is 0 Å². The first kappa shape index (κ1) is 16.3. The van der Waals surface area contributed by atoms with Gasteiger partial charge in [0.2, 0.25) is 0 Å². The number of alkyl halides is 3. The van der Waals surface area contributed by atoms with Crippen molar-refractivity contribution in [3.05, 3.63) is 41.2 Å². The molecule has 6 heteroatoms. The number of aromatic nitrogens is 2. The zero-order valence-corrected chi connectivity index (χ0v) is 12.6. The van der Waals surface area contributed by atoms with Gasteiger partial charge in [-0.25, -0.2) is 4.98 Å². The third-order valence-electron chi connectivity index (χ3n) is 3.32. The highest BCUT2D eigenvalue weighted by Gasteiger charge is 2.30. The van der Waals surface area contributed by atoms with Crippen molar-refractivity contribution >= 4 is 6.29 Å². The number of carbonyl (C=O) groups excluding carboxylic acids is 1. The molecule has 2 aromatic rings. The third kappa shape index (κ3) is 3.21. The Hall–Kier alpha value is -2.11. The molecule has 1 aromatic heterocycles. The Bertz CT molecular complexity index is 670. The smallest absolute Gasteiger partial charge is 0.321 e. The largest absolute Gasteiger partial charge is 0.416 e. The number of imidazole rings is 1. The molecule has 1 aromatic carbocycles. The van der Waals surface area contributed by atoms with Crippen LogP contribution in [0.2, 0.25) is 0 Å². The lowest BCUT2D eigenvalue weighted by atomic mass is 10.1. The van der Waals surface area contributed by atoms with Gasteiger partial charge in [0.1, 0.15) is 11.5 Å². The molecule has 0 N–H and O–H groups in total. The summed E-state index contributed by atoms with van der Waals surface area (Å²) < 4.78 is 39.6. The molecule has 118 valence electrons. The molecule has 0 atom stereocenters. The molecule has 0 amide bonds. The highest BCUT2D eigenvalue weighted by Crippen LogP contribution is 2.31. The predicted molar refractivity (Wildman–Crippen MR) is 77.6 cm³/mol. The molecule has 0 bridgehead atoms. The van der Waals surface area contributed by atoms with Gasteiger partial charge in [-0.2, -0.15) is 13.2 Å². The Morgan fingerprint density at radius 1 is 1.23 bits per heavy atom. The van der Waals surface area contributed by atoms with Crippen molar-refractivity contribution in [2.45, 2.75) is 33.5 Å². The maximum Gasteiger partial charge on any atom is 0.416 e. The number of aryl methyl sites for hydroxylation is 1. The average Bonchev–Trinajstić information content (AvgIpc) is 2.73. The first-order chi connectivity index (χ1) is 10.2. The van der Waals surface area contributed by atoms with Crippen LogP contribution in [0.3, 0.4) is 0 Å². The number of nitrogens with zero attached hydrogens (tertiary/aromatic N) is 2. The molecule has 0 aliphatic carbocycles. The highest BCUT2D eigenvalue weighted by atomic mass is 19.4. The molecular weight excluding hydrogens is 293 g/mol. The fraction of sp³-hybridized carbons (Fsp3) is 0.375. The summed E-state index contributed by atoms with van der Waals surface area (Å²) in [6.45, 7) is 6.29. The van der Waals surface area contributed by atoms with E-state index >= 15 is 0 Å². The van der Waals surface area contributed by atoms with Crippen LogP contribution in [-0.2, 0) is 12.7 Å². The molecule has 2 rings (SSSR count). The summed E-state index contributed by atoms with van der Waals surface area (Å²) >= 11 is 0. The summed E-state index contributed by atoms with van der Waals surface area (Å²) in [5, 5.41) is 0. The Balaban J connectivity index is 2.50. The summed E-state index contributed by atoms with van der Waals surface area (Å²) in [4.78, 5) is 15.6. The summed E-state index contributed by atoms with van der Waals surface area (Å²) in [5.74, 6) is 0.794. The van der Waals surface area contributed by atoms with Crippen molar-refractivity contribution in [1.29, 1.82) is 0 Å². The minimum absolute atomic E-state index is 0.278. The first-order valence-electron chi connectivity index (χ1n) is 6.94. The molecular formula is C16H17F3N2O. The predicted octanol–water partition coefficient (Wildman–Crippen LogP) is 4.35. The Morgan fingerprint density at radius 3 is 2.27 bits per heavy atom. The number of hydrogen-bond acceptors (Lipinski definition) is 2. The van der Waals surface area contributed by atoms with Crippen LogP contribution in [-0.4, -0.2) is 15.8 Å². The van der Waals surface area contributed by atoms with E-state index in [0.717, 1.165) is 18.4 Å². The van der Waals surface area contributed by atoms with Crippen LogP contribution >= 0.6 is 0 Å². The zero-order chi connectivity index (χ0) is 16.5. The molecule has 0 aliphatic rings. The SMILES string of the molecule is Cc1nc(-c2ccc(C(F)(F)F)cc2)n(CC(C)C)c1C=O. The lowest BCUT2D eigenvalue weighted by molar-refractivity contribution is -0.137.